The summed E-state index contributed by atoms with van der Waals surface area (Å²) in [7, 11) is 0. The molecule has 1 aliphatic carbocycles. The van der Waals surface area contributed by atoms with Crippen LogP contribution >= 0.6 is 0 Å². The Labute approximate surface area is 88.4 Å². The zero-order valence-electron chi connectivity index (χ0n) is 9.63. The number of hydrogen-bond donors (Lipinski definition) is 1. The van der Waals surface area contributed by atoms with Gasteiger partial charge in [-0.25, -0.2) is 0 Å². The van der Waals surface area contributed by atoms with Crippen LogP contribution in [0.25, 0.3) is 0 Å². The summed E-state index contributed by atoms with van der Waals surface area (Å²) in [6.45, 7) is 11.6. The molecule has 14 heavy (non-hydrogen) atoms. The summed E-state index contributed by atoms with van der Waals surface area (Å²) in [6.07, 6.45) is 6.00. The molecule has 82 valence electrons. The predicted molar refractivity (Wildman–Crippen MR) is 62.5 cm³/mol. The second-order valence-electron chi connectivity index (χ2n) is 4.27. The van der Waals surface area contributed by atoms with Gasteiger partial charge in [0, 0.05) is 25.2 Å². The van der Waals surface area contributed by atoms with Crippen LogP contribution in [0.1, 0.15) is 33.1 Å². The second kappa shape index (κ2) is 6.20. The van der Waals surface area contributed by atoms with Crippen molar-refractivity contribution in [1.82, 2.24) is 10.2 Å². The number of nitrogens with one attached hydrogen (secondary N) is 1. The Morgan fingerprint density at radius 2 is 2.29 bits per heavy atom. The Balaban J connectivity index is 2.22. The minimum atomic E-state index is 0.645. The van der Waals surface area contributed by atoms with Crippen molar-refractivity contribution in [2.75, 3.05) is 19.6 Å². The standard InChI is InChI=1S/C12H24N2/c1-4-8-13-10-11(3)14(9-5-2)12-6-7-12/h5,11-13H,2,4,6-10H2,1,3H3. The van der Waals surface area contributed by atoms with E-state index in [1.807, 2.05) is 6.08 Å². The Morgan fingerprint density at radius 3 is 2.79 bits per heavy atom. The highest BCUT2D eigenvalue weighted by Gasteiger charge is 2.30. The monoisotopic (exact) mass is 196 g/mol. The van der Waals surface area contributed by atoms with Gasteiger partial charge >= 0.3 is 0 Å². The zero-order valence-corrected chi connectivity index (χ0v) is 9.63. The van der Waals surface area contributed by atoms with Crippen molar-refractivity contribution in [2.45, 2.75) is 45.2 Å². The van der Waals surface area contributed by atoms with Crippen molar-refractivity contribution in [3.05, 3.63) is 12.7 Å². The molecule has 1 rings (SSSR count). The van der Waals surface area contributed by atoms with E-state index in [1.165, 1.54) is 19.3 Å². The summed E-state index contributed by atoms with van der Waals surface area (Å²) < 4.78 is 0. The molecule has 0 aromatic carbocycles. The van der Waals surface area contributed by atoms with E-state index >= 15 is 0 Å². The molecule has 0 heterocycles. The van der Waals surface area contributed by atoms with E-state index in [1.54, 1.807) is 0 Å². The number of nitrogens with zero attached hydrogens (tertiary/aromatic N) is 1. The van der Waals surface area contributed by atoms with Crippen LogP contribution < -0.4 is 5.32 Å². The van der Waals surface area contributed by atoms with E-state index in [-0.39, 0.29) is 0 Å². The van der Waals surface area contributed by atoms with Gasteiger partial charge in [-0.15, -0.1) is 6.58 Å². The highest BCUT2D eigenvalue weighted by Crippen LogP contribution is 2.28. The fraction of sp³-hybridized carbons (Fsp3) is 0.833. The Morgan fingerprint density at radius 1 is 1.57 bits per heavy atom. The highest BCUT2D eigenvalue weighted by molar-refractivity contribution is 4.91. The smallest absolute Gasteiger partial charge is 0.0198 e. The van der Waals surface area contributed by atoms with Gasteiger partial charge < -0.3 is 5.32 Å². The van der Waals surface area contributed by atoms with Crippen LogP contribution in [-0.2, 0) is 0 Å². The van der Waals surface area contributed by atoms with Gasteiger partial charge in [0.1, 0.15) is 0 Å². The van der Waals surface area contributed by atoms with Gasteiger partial charge in [0.15, 0.2) is 0 Å². The molecule has 0 aliphatic heterocycles. The normalized spacial score (nSPS) is 18.5. The molecule has 1 atom stereocenters. The van der Waals surface area contributed by atoms with Crippen molar-refractivity contribution in [1.29, 1.82) is 0 Å². The third-order valence-electron chi connectivity index (χ3n) is 2.79. The van der Waals surface area contributed by atoms with E-state index in [2.05, 4.69) is 30.6 Å². The van der Waals surface area contributed by atoms with Crippen molar-refractivity contribution in [3.8, 4) is 0 Å². The summed E-state index contributed by atoms with van der Waals surface area (Å²) >= 11 is 0. The van der Waals surface area contributed by atoms with Gasteiger partial charge in [-0.3, -0.25) is 4.90 Å². The molecule has 0 radical (unpaired) electrons. The summed E-state index contributed by atoms with van der Waals surface area (Å²) in [5, 5.41) is 3.48. The van der Waals surface area contributed by atoms with Gasteiger partial charge in [0.2, 0.25) is 0 Å². The zero-order chi connectivity index (χ0) is 10.4. The van der Waals surface area contributed by atoms with Gasteiger partial charge in [-0.2, -0.15) is 0 Å². The van der Waals surface area contributed by atoms with Crippen LogP contribution in [0, 0.1) is 0 Å². The minimum Gasteiger partial charge on any atom is -0.315 e. The van der Waals surface area contributed by atoms with Crippen molar-refractivity contribution >= 4 is 0 Å². The topological polar surface area (TPSA) is 15.3 Å². The molecule has 0 spiro atoms. The molecule has 2 heteroatoms. The molecule has 0 saturated heterocycles. The molecule has 0 amide bonds. The van der Waals surface area contributed by atoms with Crippen molar-refractivity contribution in [2.24, 2.45) is 0 Å². The van der Waals surface area contributed by atoms with Gasteiger partial charge in [0.05, 0.1) is 0 Å². The molecule has 1 fully saturated rings. The lowest BCUT2D eigenvalue weighted by atomic mass is 10.2. The van der Waals surface area contributed by atoms with Crippen LogP contribution in [0.2, 0.25) is 0 Å². The summed E-state index contributed by atoms with van der Waals surface area (Å²) in [6, 6.07) is 1.48. The number of hydrogen-bond acceptors (Lipinski definition) is 2. The van der Waals surface area contributed by atoms with Crippen LogP contribution in [0.4, 0.5) is 0 Å². The van der Waals surface area contributed by atoms with Crippen molar-refractivity contribution in [3.63, 3.8) is 0 Å². The lowest BCUT2D eigenvalue weighted by Crippen LogP contribution is -2.42. The fourth-order valence-corrected chi connectivity index (χ4v) is 1.85. The Hall–Kier alpha value is -0.340. The fourth-order valence-electron chi connectivity index (χ4n) is 1.85. The molecule has 1 unspecified atom stereocenters. The molecule has 0 bridgehead atoms. The average Bonchev–Trinajstić information content (AvgIpc) is 2.98. The summed E-state index contributed by atoms with van der Waals surface area (Å²) in [5.74, 6) is 0. The Bertz CT molecular complexity index is 164. The van der Waals surface area contributed by atoms with Crippen LogP contribution in [-0.4, -0.2) is 36.6 Å². The van der Waals surface area contributed by atoms with E-state index in [9.17, 15) is 0 Å². The van der Waals surface area contributed by atoms with Gasteiger partial charge in [-0.05, 0) is 32.7 Å². The predicted octanol–water partition coefficient (Wildman–Crippen LogP) is 2.02. The molecule has 1 N–H and O–H groups in total. The maximum absolute atomic E-state index is 3.83. The first-order chi connectivity index (χ1) is 6.79. The van der Waals surface area contributed by atoms with Crippen LogP contribution in [0.15, 0.2) is 12.7 Å². The third kappa shape index (κ3) is 3.81. The third-order valence-corrected chi connectivity index (χ3v) is 2.79. The van der Waals surface area contributed by atoms with E-state index in [4.69, 9.17) is 0 Å². The van der Waals surface area contributed by atoms with Crippen molar-refractivity contribution < 1.29 is 0 Å². The van der Waals surface area contributed by atoms with E-state index in [0.29, 0.717) is 6.04 Å². The first kappa shape index (κ1) is 11.7. The van der Waals surface area contributed by atoms with Gasteiger partial charge in [-0.1, -0.05) is 13.0 Å². The van der Waals surface area contributed by atoms with Crippen LogP contribution in [0.5, 0.6) is 0 Å². The first-order valence-corrected chi connectivity index (χ1v) is 5.87. The van der Waals surface area contributed by atoms with Crippen LogP contribution in [0.3, 0.4) is 0 Å². The minimum absolute atomic E-state index is 0.645. The first-order valence-electron chi connectivity index (χ1n) is 5.87. The summed E-state index contributed by atoms with van der Waals surface area (Å²) in [4.78, 5) is 2.57. The van der Waals surface area contributed by atoms with E-state index in [0.717, 1.165) is 25.7 Å². The van der Waals surface area contributed by atoms with E-state index < -0.39 is 0 Å². The Kier molecular flexibility index (Phi) is 5.20. The molecule has 1 saturated carbocycles. The SMILES string of the molecule is C=CCN(C(C)CNCCC)C1CC1. The second-order valence-corrected chi connectivity index (χ2v) is 4.27. The average molecular weight is 196 g/mol. The largest absolute Gasteiger partial charge is 0.315 e. The summed E-state index contributed by atoms with van der Waals surface area (Å²) in [5.41, 5.74) is 0. The molecular formula is C12H24N2. The molecule has 0 aromatic heterocycles. The number of rotatable bonds is 8. The molecule has 1 aliphatic rings. The maximum Gasteiger partial charge on any atom is 0.0198 e. The lowest BCUT2D eigenvalue weighted by Gasteiger charge is -2.28. The van der Waals surface area contributed by atoms with Gasteiger partial charge in [0.25, 0.3) is 0 Å². The molecule has 0 aromatic rings. The maximum atomic E-state index is 3.83. The molecule has 2 nitrogen and oxygen atoms in total. The highest BCUT2D eigenvalue weighted by atomic mass is 15.2. The quantitative estimate of drug-likeness (QED) is 0.472. The molecular weight excluding hydrogens is 172 g/mol. The lowest BCUT2D eigenvalue weighted by molar-refractivity contribution is 0.216.